The highest BCUT2D eigenvalue weighted by atomic mass is 16.1. The number of nitrogens with two attached hydrogens (primary N) is 2. The molecule has 0 aromatic heterocycles. The summed E-state index contributed by atoms with van der Waals surface area (Å²) in [5.74, 6) is -0.433. The topological polar surface area (TPSA) is 84.4 Å². The highest BCUT2D eigenvalue weighted by Crippen LogP contribution is 2.34. The van der Waals surface area contributed by atoms with E-state index in [9.17, 15) is 4.79 Å². The SMILES string of the molecule is CN(C)C1(CNc2cc(N)ccc2C(N)=O)CCCC1. The molecule has 1 aromatic carbocycles. The Kier molecular flexibility index (Phi) is 4.18. The van der Waals surface area contributed by atoms with E-state index in [4.69, 9.17) is 11.5 Å². The third kappa shape index (κ3) is 2.88. The van der Waals surface area contributed by atoms with Crippen LogP contribution in [0.25, 0.3) is 0 Å². The first-order valence-corrected chi connectivity index (χ1v) is 7.05. The second-order valence-electron chi connectivity index (χ2n) is 5.85. The molecule has 0 heterocycles. The second-order valence-corrected chi connectivity index (χ2v) is 5.85. The Hall–Kier alpha value is -1.75. The van der Waals surface area contributed by atoms with Crippen molar-refractivity contribution in [1.82, 2.24) is 4.90 Å². The van der Waals surface area contributed by atoms with E-state index in [0.29, 0.717) is 11.3 Å². The Balaban J connectivity index is 2.17. The van der Waals surface area contributed by atoms with Crippen LogP contribution in [0.15, 0.2) is 18.2 Å². The Morgan fingerprint density at radius 1 is 1.35 bits per heavy atom. The largest absolute Gasteiger partial charge is 0.399 e. The summed E-state index contributed by atoms with van der Waals surface area (Å²) in [5.41, 5.74) is 13.2. The molecule has 5 nitrogen and oxygen atoms in total. The molecule has 1 fully saturated rings. The second kappa shape index (κ2) is 5.71. The molecule has 20 heavy (non-hydrogen) atoms. The molecule has 0 bridgehead atoms. The van der Waals surface area contributed by atoms with Crippen molar-refractivity contribution in [3.05, 3.63) is 23.8 Å². The van der Waals surface area contributed by atoms with Gasteiger partial charge in [-0.2, -0.15) is 0 Å². The highest BCUT2D eigenvalue weighted by Gasteiger charge is 2.35. The van der Waals surface area contributed by atoms with Crippen LogP contribution in [0.3, 0.4) is 0 Å². The standard InChI is InChI=1S/C15H24N4O/c1-19(2)15(7-3-4-8-15)10-18-13-9-11(16)5-6-12(13)14(17)20/h5-6,9,18H,3-4,7-8,10,16H2,1-2H3,(H2,17,20). The van der Waals surface area contributed by atoms with Gasteiger partial charge in [0.2, 0.25) is 0 Å². The van der Waals surface area contributed by atoms with Gasteiger partial charge in [-0.05, 0) is 45.1 Å². The van der Waals surface area contributed by atoms with Gasteiger partial charge in [0, 0.05) is 23.5 Å². The molecule has 1 aliphatic rings. The molecule has 0 aliphatic heterocycles. The molecule has 0 radical (unpaired) electrons. The summed E-state index contributed by atoms with van der Waals surface area (Å²) in [4.78, 5) is 13.8. The van der Waals surface area contributed by atoms with Crippen LogP contribution in [0.2, 0.25) is 0 Å². The lowest BCUT2D eigenvalue weighted by molar-refractivity contribution is 0.100. The van der Waals surface area contributed by atoms with E-state index < -0.39 is 5.91 Å². The maximum atomic E-state index is 11.5. The quantitative estimate of drug-likeness (QED) is 0.714. The van der Waals surface area contributed by atoms with Crippen molar-refractivity contribution in [2.24, 2.45) is 5.73 Å². The summed E-state index contributed by atoms with van der Waals surface area (Å²) in [6, 6.07) is 5.15. The zero-order chi connectivity index (χ0) is 14.8. The fourth-order valence-electron chi connectivity index (χ4n) is 3.00. The van der Waals surface area contributed by atoms with E-state index in [-0.39, 0.29) is 5.54 Å². The number of amides is 1. The fraction of sp³-hybridized carbons (Fsp3) is 0.533. The highest BCUT2D eigenvalue weighted by molar-refractivity contribution is 5.99. The zero-order valence-electron chi connectivity index (χ0n) is 12.3. The van der Waals surface area contributed by atoms with E-state index in [1.54, 1.807) is 18.2 Å². The van der Waals surface area contributed by atoms with Crippen LogP contribution >= 0.6 is 0 Å². The molecule has 0 atom stereocenters. The number of likely N-dealkylation sites (N-methyl/N-ethyl adjacent to an activating group) is 1. The average Bonchev–Trinajstić information content (AvgIpc) is 2.86. The minimum atomic E-state index is -0.433. The molecule has 1 saturated carbocycles. The van der Waals surface area contributed by atoms with Gasteiger partial charge in [-0.3, -0.25) is 4.79 Å². The number of anilines is 2. The van der Waals surface area contributed by atoms with E-state index in [2.05, 4.69) is 24.3 Å². The molecule has 0 saturated heterocycles. The molecule has 1 aliphatic carbocycles. The van der Waals surface area contributed by atoms with Gasteiger partial charge in [-0.1, -0.05) is 12.8 Å². The molecule has 0 spiro atoms. The summed E-state index contributed by atoms with van der Waals surface area (Å²) in [5, 5.41) is 3.38. The van der Waals surface area contributed by atoms with Gasteiger partial charge in [0.15, 0.2) is 0 Å². The minimum absolute atomic E-state index is 0.152. The number of carbonyl (C=O) groups is 1. The van der Waals surface area contributed by atoms with Crippen LogP contribution in [0.4, 0.5) is 11.4 Å². The van der Waals surface area contributed by atoms with Gasteiger partial charge in [0.25, 0.3) is 5.91 Å². The number of nitrogens with zero attached hydrogens (tertiary/aromatic N) is 1. The van der Waals surface area contributed by atoms with Crippen molar-refractivity contribution in [3.8, 4) is 0 Å². The smallest absolute Gasteiger partial charge is 0.250 e. The van der Waals surface area contributed by atoms with Crippen LogP contribution in [-0.2, 0) is 0 Å². The molecule has 2 rings (SSSR count). The molecular formula is C15H24N4O. The van der Waals surface area contributed by atoms with Crippen molar-refractivity contribution < 1.29 is 4.79 Å². The zero-order valence-corrected chi connectivity index (χ0v) is 12.3. The van der Waals surface area contributed by atoms with Crippen LogP contribution in [-0.4, -0.2) is 37.0 Å². The van der Waals surface area contributed by atoms with E-state index >= 15 is 0 Å². The molecule has 1 aromatic rings. The Labute approximate surface area is 120 Å². The van der Waals surface area contributed by atoms with Crippen molar-refractivity contribution in [2.45, 2.75) is 31.2 Å². The summed E-state index contributed by atoms with van der Waals surface area (Å²) >= 11 is 0. The van der Waals surface area contributed by atoms with Crippen molar-refractivity contribution in [1.29, 1.82) is 0 Å². The monoisotopic (exact) mass is 276 g/mol. The number of primary amides is 1. The first-order valence-electron chi connectivity index (χ1n) is 7.05. The average molecular weight is 276 g/mol. The Morgan fingerprint density at radius 2 is 2.00 bits per heavy atom. The normalized spacial score (nSPS) is 17.4. The maximum absolute atomic E-state index is 11.5. The maximum Gasteiger partial charge on any atom is 0.250 e. The fourth-order valence-corrected chi connectivity index (χ4v) is 3.00. The predicted octanol–water partition coefficient (Wildman–Crippen LogP) is 1.65. The number of hydrogen-bond acceptors (Lipinski definition) is 4. The van der Waals surface area contributed by atoms with Crippen LogP contribution in [0.1, 0.15) is 36.0 Å². The van der Waals surface area contributed by atoms with Crippen molar-refractivity contribution in [2.75, 3.05) is 31.7 Å². The lowest BCUT2D eigenvalue weighted by Gasteiger charge is -2.37. The van der Waals surface area contributed by atoms with Crippen LogP contribution < -0.4 is 16.8 Å². The van der Waals surface area contributed by atoms with Gasteiger partial charge in [0.05, 0.1) is 5.56 Å². The molecule has 5 heteroatoms. The lowest BCUT2D eigenvalue weighted by Crippen LogP contribution is -2.47. The lowest BCUT2D eigenvalue weighted by atomic mass is 9.95. The van der Waals surface area contributed by atoms with Gasteiger partial charge < -0.3 is 21.7 Å². The summed E-state index contributed by atoms with van der Waals surface area (Å²) < 4.78 is 0. The van der Waals surface area contributed by atoms with Gasteiger partial charge in [0.1, 0.15) is 0 Å². The number of benzene rings is 1. The third-order valence-electron chi connectivity index (χ3n) is 4.40. The Morgan fingerprint density at radius 3 is 2.55 bits per heavy atom. The molecular weight excluding hydrogens is 252 g/mol. The van der Waals surface area contributed by atoms with E-state index in [1.807, 2.05) is 0 Å². The van der Waals surface area contributed by atoms with Crippen molar-refractivity contribution in [3.63, 3.8) is 0 Å². The van der Waals surface area contributed by atoms with E-state index in [0.717, 1.165) is 12.2 Å². The molecule has 5 N–H and O–H groups in total. The minimum Gasteiger partial charge on any atom is -0.399 e. The first-order chi connectivity index (χ1) is 9.44. The molecule has 110 valence electrons. The van der Waals surface area contributed by atoms with Gasteiger partial charge >= 0.3 is 0 Å². The third-order valence-corrected chi connectivity index (χ3v) is 4.40. The summed E-state index contributed by atoms with van der Waals surface area (Å²) in [6.07, 6.45) is 4.83. The predicted molar refractivity (Wildman–Crippen MR) is 82.7 cm³/mol. The summed E-state index contributed by atoms with van der Waals surface area (Å²) in [7, 11) is 4.22. The molecule has 0 unspecified atom stereocenters. The van der Waals surface area contributed by atoms with Gasteiger partial charge in [-0.25, -0.2) is 0 Å². The van der Waals surface area contributed by atoms with E-state index in [1.165, 1.54) is 25.7 Å². The first kappa shape index (κ1) is 14.7. The van der Waals surface area contributed by atoms with Crippen LogP contribution in [0, 0.1) is 0 Å². The summed E-state index contributed by atoms with van der Waals surface area (Å²) in [6.45, 7) is 0.795. The Bertz CT molecular complexity index is 493. The number of nitrogen functional groups attached to an aromatic ring is 1. The number of carbonyl (C=O) groups excluding carboxylic acids is 1. The number of nitrogens with one attached hydrogen (secondary N) is 1. The molecule has 1 amide bonds. The van der Waals surface area contributed by atoms with Crippen molar-refractivity contribution >= 4 is 17.3 Å². The van der Waals surface area contributed by atoms with Crippen LogP contribution in [0.5, 0.6) is 0 Å². The van der Waals surface area contributed by atoms with Gasteiger partial charge in [-0.15, -0.1) is 0 Å². The number of rotatable bonds is 5. The number of hydrogen-bond donors (Lipinski definition) is 3.